The highest BCUT2D eigenvalue weighted by atomic mass is 16.1. The molecule has 0 radical (unpaired) electrons. The number of ketones is 2. The van der Waals surface area contributed by atoms with Crippen LogP contribution in [-0.4, -0.2) is 11.6 Å². The molecule has 0 aromatic heterocycles. The third-order valence-corrected chi connectivity index (χ3v) is 8.35. The first-order valence-corrected chi connectivity index (χ1v) is 14.4. The van der Waals surface area contributed by atoms with Crippen LogP contribution in [0.15, 0.2) is 91.0 Å². The van der Waals surface area contributed by atoms with E-state index in [2.05, 4.69) is 55.5 Å². The molecule has 0 N–H and O–H groups in total. The Kier molecular flexibility index (Phi) is 7.11. The molecular formula is C37H34O2. The molecule has 0 bridgehead atoms. The molecule has 0 spiro atoms. The van der Waals surface area contributed by atoms with Gasteiger partial charge in [-0.25, -0.2) is 0 Å². The Hall–Kier alpha value is -4.04. The number of unbranched alkanes of at least 4 members (excludes halogenated alkanes) is 2. The first kappa shape index (κ1) is 25.2. The van der Waals surface area contributed by atoms with Crippen LogP contribution in [-0.2, 0) is 19.3 Å². The van der Waals surface area contributed by atoms with Crippen LogP contribution in [0.3, 0.4) is 0 Å². The summed E-state index contributed by atoms with van der Waals surface area (Å²) in [5, 5.41) is 5.64. The van der Waals surface area contributed by atoms with Crippen molar-refractivity contribution in [1.82, 2.24) is 0 Å². The van der Waals surface area contributed by atoms with E-state index in [1.54, 1.807) is 35.4 Å². The maximum absolute atomic E-state index is 12.8. The summed E-state index contributed by atoms with van der Waals surface area (Å²) in [6, 6.07) is 30.7. The van der Waals surface area contributed by atoms with E-state index < -0.39 is 0 Å². The van der Waals surface area contributed by atoms with Gasteiger partial charge in [-0.2, -0.15) is 0 Å². The molecule has 0 aliphatic heterocycles. The van der Waals surface area contributed by atoms with Crippen molar-refractivity contribution >= 4 is 33.1 Å². The average Bonchev–Trinajstić information content (AvgIpc) is 3.00. The molecule has 0 saturated carbocycles. The highest BCUT2D eigenvalue weighted by Gasteiger charge is 2.30. The third kappa shape index (κ3) is 4.69. The van der Waals surface area contributed by atoms with Gasteiger partial charge in [-0.05, 0) is 76.8 Å². The third-order valence-electron chi connectivity index (χ3n) is 8.35. The van der Waals surface area contributed by atoms with Crippen LogP contribution in [0.25, 0.3) is 21.5 Å². The molecule has 2 aliphatic rings. The maximum Gasteiger partial charge on any atom is 0.194 e. The molecule has 0 fully saturated rings. The maximum atomic E-state index is 12.8. The first-order valence-electron chi connectivity index (χ1n) is 14.4. The lowest BCUT2D eigenvalue weighted by Gasteiger charge is -2.20. The molecule has 5 aromatic carbocycles. The predicted octanol–water partition coefficient (Wildman–Crippen LogP) is 9.07. The summed E-state index contributed by atoms with van der Waals surface area (Å²) in [5.74, 6) is -0.0372. The fraction of sp³-hybridized carbons (Fsp3) is 0.243. The topological polar surface area (TPSA) is 34.1 Å². The van der Waals surface area contributed by atoms with Gasteiger partial charge in [0.05, 0.1) is 0 Å². The normalized spacial score (nSPS) is 13.9. The average molecular weight is 511 g/mol. The summed E-state index contributed by atoms with van der Waals surface area (Å²) in [5.41, 5.74) is 6.44. The summed E-state index contributed by atoms with van der Waals surface area (Å²) in [6.07, 6.45) is 9.41. The summed E-state index contributed by atoms with van der Waals surface area (Å²) < 4.78 is 0. The van der Waals surface area contributed by atoms with Crippen molar-refractivity contribution in [2.24, 2.45) is 0 Å². The lowest BCUT2D eigenvalue weighted by Crippen LogP contribution is -2.22. The summed E-state index contributed by atoms with van der Waals surface area (Å²) in [7, 11) is 0. The molecule has 0 amide bonds. The molecule has 5 aromatic rings. The summed E-state index contributed by atoms with van der Waals surface area (Å²) in [6.45, 7) is 2.16. The molecule has 0 heterocycles. The minimum Gasteiger partial charge on any atom is -0.289 e. The van der Waals surface area contributed by atoms with Gasteiger partial charge in [0.15, 0.2) is 11.6 Å². The van der Waals surface area contributed by atoms with Gasteiger partial charge < -0.3 is 0 Å². The van der Waals surface area contributed by atoms with Crippen LogP contribution in [0.1, 0.15) is 87.6 Å². The lowest BCUT2D eigenvalue weighted by atomic mass is 9.81. The molecule has 2 aliphatic carbocycles. The quantitative estimate of drug-likeness (QED) is 0.175. The molecule has 2 nitrogen and oxygen atoms in total. The second-order valence-electron chi connectivity index (χ2n) is 10.8. The van der Waals surface area contributed by atoms with Crippen molar-refractivity contribution in [3.63, 3.8) is 0 Å². The van der Waals surface area contributed by atoms with Gasteiger partial charge >= 0.3 is 0 Å². The lowest BCUT2D eigenvalue weighted by molar-refractivity contribution is 0.0978. The van der Waals surface area contributed by atoms with Crippen LogP contribution >= 0.6 is 0 Å². The molecule has 7 rings (SSSR count). The molecule has 39 heavy (non-hydrogen) atoms. The first-order chi connectivity index (χ1) is 19.2. The Labute approximate surface area is 230 Å². The zero-order chi connectivity index (χ0) is 26.8. The Morgan fingerprint density at radius 2 is 1.31 bits per heavy atom. The van der Waals surface area contributed by atoms with E-state index in [1.807, 2.05) is 18.2 Å². The second-order valence-corrected chi connectivity index (χ2v) is 10.8. The molecule has 194 valence electrons. The number of fused-ring (bicyclic) bond motifs is 7. The van der Waals surface area contributed by atoms with E-state index in [1.165, 1.54) is 47.2 Å². The van der Waals surface area contributed by atoms with Gasteiger partial charge in [0, 0.05) is 22.3 Å². The standard InChI is InChI=1S/C19H18O2.C18H16/c1-2-3-4-8-13-9-7-12-16-17(13)19(21)15-11-6-5-10-14(15)18(16)20;1-3-7-15-13(5-1)9-11-18-16-8-4-2-6-14(16)10-12-17(15)18/h5-7,9-12H,2-4,8H2,1H3;1,3,5,7,9-12H,2,4,6,8H2. The highest BCUT2D eigenvalue weighted by molar-refractivity contribution is 6.28. The fourth-order valence-electron chi connectivity index (χ4n) is 6.33. The van der Waals surface area contributed by atoms with Gasteiger partial charge in [-0.3, -0.25) is 9.59 Å². The monoisotopic (exact) mass is 510 g/mol. The molecular weight excluding hydrogens is 476 g/mol. The van der Waals surface area contributed by atoms with Crippen LogP contribution < -0.4 is 0 Å². The largest absolute Gasteiger partial charge is 0.289 e. The Balaban J connectivity index is 0.000000143. The van der Waals surface area contributed by atoms with E-state index in [0.717, 1.165) is 31.2 Å². The zero-order valence-electron chi connectivity index (χ0n) is 22.6. The van der Waals surface area contributed by atoms with E-state index in [4.69, 9.17) is 0 Å². The minimum absolute atomic E-state index is 0.00713. The smallest absolute Gasteiger partial charge is 0.194 e. The summed E-state index contributed by atoms with van der Waals surface area (Å²) in [4.78, 5) is 25.3. The van der Waals surface area contributed by atoms with Crippen LogP contribution in [0.4, 0.5) is 0 Å². The Morgan fingerprint density at radius 1 is 0.590 bits per heavy atom. The number of carbonyl (C=O) groups excluding carboxylic acids is 2. The number of benzene rings is 5. The van der Waals surface area contributed by atoms with E-state index in [9.17, 15) is 9.59 Å². The van der Waals surface area contributed by atoms with Gasteiger partial charge in [-0.1, -0.05) is 111 Å². The zero-order valence-corrected chi connectivity index (χ0v) is 22.6. The van der Waals surface area contributed by atoms with Crippen molar-refractivity contribution in [1.29, 1.82) is 0 Å². The van der Waals surface area contributed by atoms with E-state index in [0.29, 0.717) is 22.3 Å². The van der Waals surface area contributed by atoms with Crippen molar-refractivity contribution < 1.29 is 9.59 Å². The van der Waals surface area contributed by atoms with Crippen molar-refractivity contribution in [3.05, 3.63) is 130 Å². The van der Waals surface area contributed by atoms with Crippen LogP contribution in [0.2, 0.25) is 0 Å². The minimum atomic E-state index is -0.0301. The van der Waals surface area contributed by atoms with Crippen molar-refractivity contribution in [2.75, 3.05) is 0 Å². The second kappa shape index (κ2) is 11.0. The van der Waals surface area contributed by atoms with E-state index in [-0.39, 0.29) is 11.6 Å². The SMILES string of the molecule is CCCCCc1cccc2c1C(=O)c1ccccc1C2=O.c1ccc2c(c1)ccc1c3c(ccc12)CCCC3. The van der Waals surface area contributed by atoms with E-state index >= 15 is 0 Å². The Morgan fingerprint density at radius 3 is 2.15 bits per heavy atom. The fourth-order valence-corrected chi connectivity index (χ4v) is 6.33. The van der Waals surface area contributed by atoms with Gasteiger partial charge in [0.1, 0.15) is 0 Å². The highest BCUT2D eigenvalue weighted by Crippen LogP contribution is 2.33. The van der Waals surface area contributed by atoms with Gasteiger partial charge in [-0.15, -0.1) is 0 Å². The molecule has 2 heteroatoms. The molecule has 0 atom stereocenters. The summed E-state index contributed by atoms with van der Waals surface area (Å²) >= 11 is 0. The number of rotatable bonds is 4. The van der Waals surface area contributed by atoms with Crippen molar-refractivity contribution in [3.8, 4) is 0 Å². The van der Waals surface area contributed by atoms with Crippen LogP contribution in [0, 0.1) is 0 Å². The van der Waals surface area contributed by atoms with Crippen LogP contribution in [0.5, 0.6) is 0 Å². The Bertz CT molecular complexity index is 1710. The number of hydrogen-bond donors (Lipinski definition) is 0. The number of aryl methyl sites for hydroxylation is 3. The number of carbonyl (C=O) groups is 2. The number of hydrogen-bond acceptors (Lipinski definition) is 2. The molecule has 0 saturated heterocycles. The van der Waals surface area contributed by atoms with Gasteiger partial charge in [0.2, 0.25) is 0 Å². The molecule has 0 unspecified atom stereocenters. The predicted molar refractivity (Wildman–Crippen MR) is 161 cm³/mol. The van der Waals surface area contributed by atoms with Crippen molar-refractivity contribution in [2.45, 2.75) is 58.3 Å². The van der Waals surface area contributed by atoms with Gasteiger partial charge in [0.25, 0.3) is 0 Å².